The second kappa shape index (κ2) is 5.03. The number of likely N-dealkylation sites (N-methyl/N-ethyl adjacent to an activating group) is 1. The van der Waals surface area contributed by atoms with E-state index in [9.17, 15) is 0 Å². The lowest BCUT2D eigenvalue weighted by molar-refractivity contribution is 0.00700. The molecule has 2 aliphatic heterocycles. The molecule has 3 heteroatoms. The summed E-state index contributed by atoms with van der Waals surface area (Å²) in [6.45, 7) is 2.08. The zero-order valence-corrected chi connectivity index (χ0v) is 13.1. The molecule has 0 aliphatic carbocycles. The van der Waals surface area contributed by atoms with Crippen LogP contribution in [0.25, 0.3) is 0 Å². The number of benzene rings is 2. The van der Waals surface area contributed by atoms with Crippen molar-refractivity contribution >= 4 is 0 Å². The molecule has 2 aromatic carbocycles. The summed E-state index contributed by atoms with van der Waals surface area (Å²) in [6.07, 6.45) is 1.01. The van der Waals surface area contributed by atoms with Crippen molar-refractivity contribution in [1.29, 1.82) is 0 Å². The Morgan fingerprint density at radius 3 is 2.68 bits per heavy atom. The molecular formula is C19H21NO2. The third-order valence-electron chi connectivity index (χ3n) is 5.09. The van der Waals surface area contributed by atoms with E-state index in [1.165, 1.54) is 11.1 Å². The van der Waals surface area contributed by atoms with Crippen molar-refractivity contribution in [2.24, 2.45) is 0 Å². The first-order valence-electron chi connectivity index (χ1n) is 7.84. The molecular weight excluding hydrogens is 274 g/mol. The van der Waals surface area contributed by atoms with Gasteiger partial charge < -0.3 is 14.4 Å². The number of para-hydroxylation sites is 1. The maximum atomic E-state index is 6.54. The molecule has 4 rings (SSSR count). The first-order valence-corrected chi connectivity index (χ1v) is 7.84. The SMILES string of the molecule is COc1ccc(C23CCN(C)CC2c2ccccc2O3)cc1. The van der Waals surface area contributed by atoms with E-state index >= 15 is 0 Å². The number of methoxy groups -OCH3 is 1. The third kappa shape index (κ3) is 1.92. The second-order valence-corrected chi connectivity index (χ2v) is 6.32. The van der Waals surface area contributed by atoms with E-state index in [2.05, 4.69) is 48.3 Å². The van der Waals surface area contributed by atoms with Crippen LogP contribution in [-0.2, 0) is 5.60 Å². The number of hydrogen-bond donors (Lipinski definition) is 0. The topological polar surface area (TPSA) is 21.7 Å². The van der Waals surface area contributed by atoms with Crippen molar-refractivity contribution in [3.63, 3.8) is 0 Å². The average molecular weight is 295 g/mol. The number of rotatable bonds is 2. The van der Waals surface area contributed by atoms with Gasteiger partial charge in [0, 0.05) is 31.0 Å². The van der Waals surface area contributed by atoms with Crippen LogP contribution in [-0.4, -0.2) is 32.1 Å². The average Bonchev–Trinajstić information content (AvgIpc) is 2.90. The molecule has 3 nitrogen and oxygen atoms in total. The van der Waals surface area contributed by atoms with Gasteiger partial charge in [0.2, 0.25) is 0 Å². The lowest BCUT2D eigenvalue weighted by Gasteiger charge is -2.42. The van der Waals surface area contributed by atoms with Crippen LogP contribution in [0.15, 0.2) is 48.5 Å². The fourth-order valence-corrected chi connectivity index (χ4v) is 3.89. The summed E-state index contributed by atoms with van der Waals surface area (Å²) in [5, 5.41) is 0. The van der Waals surface area contributed by atoms with Gasteiger partial charge in [-0.15, -0.1) is 0 Å². The zero-order chi connectivity index (χ0) is 15.2. The van der Waals surface area contributed by atoms with Gasteiger partial charge >= 0.3 is 0 Å². The van der Waals surface area contributed by atoms with Crippen LogP contribution in [0, 0.1) is 0 Å². The Hall–Kier alpha value is -2.00. The highest BCUT2D eigenvalue weighted by molar-refractivity contribution is 5.48. The third-order valence-corrected chi connectivity index (χ3v) is 5.09. The molecule has 2 unspecified atom stereocenters. The van der Waals surface area contributed by atoms with Crippen molar-refractivity contribution in [2.45, 2.75) is 17.9 Å². The predicted molar refractivity (Wildman–Crippen MR) is 86.6 cm³/mol. The molecule has 22 heavy (non-hydrogen) atoms. The normalized spacial score (nSPS) is 26.9. The Kier molecular flexibility index (Phi) is 3.12. The van der Waals surface area contributed by atoms with Gasteiger partial charge in [0.1, 0.15) is 17.1 Å². The molecule has 0 N–H and O–H groups in total. The van der Waals surface area contributed by atoms with Crippen LogP contribution in [0.1, 0.15) is 23.5 Å². The predicted octanol–water partition coefficient (Wildman–Crippen LogP) is 3.40. The fourth-order valence-electron chi connectivity index (χ4n) is 3.89. The first-order chi connectivity index (χ1) is 10.7. The molecule has 0 saturated carbocycles. The standard InChI is InChI=1S/C19H21NO2/c1-20-12-11-19(14-7-9-15(21-2)10-8-14)17(13-20)16-5-3-4-6-18(16)22-19/h3-10,17H,11-13H2,1-2H3. The van der Waals surface area contributed by atoms with Gasteiger partial charge in [-0.3, -0.25) is 0 Å². The van der Waals surface area contributed by atoms with Crippen molar-refractivity contribution in [1.82, 2.24) is 4.90 Å². The van der Waals surface area contributed by atoms with Crippen LogP contribution in [0.2, 0.25) is 0 Å². The highest BCUT2D eigenvalue weighted by atomic mass is 16.5. The van der Waals surface area contributed by atoms with E-state index in [4.69, 9.17) is 9.47 Å². The minimum Gasteiger partial charge on any atom is -0.497 e. The van der Waals surface area contributed by atoms with Crippen LogP contribution < -0.4 is 9.47 Å². The minimum absolute atomic E-state index is 0.234. The van der Waals surface area contributed by atoms with Crippen molar-refractivity contribution in [3.05, 3.63) is 59.7 Å². The molecule has 1 saturated heterocycles. The maximum absolute atomic E-state index is 6.54. The molecule has 2 heterocycles. The Balaban J connectivity index is 1.80. The van der Waals surface area contributed by atoms with Gasteiger partial charge in [-0.05, 0) is 30.8 Å². The molecule has 2 aliphatic rings. The second-order valence-electron chi connectivity index (χ2n) is 6.32. The Bertz CT molecular complexity index is 682. The van der Waals surface area contributed by atoms with E-state index in [-0.39, 0.29) is 5.60 Å². The monoisotopic (exact) mass is 295 g/mol. The fraction of sp³-hybridized carbons (Fsp3) is 0.368. The minimum atomic E-state index is -0.234. The van der Waals surface area contributed by atoms with E-state index in [1.807, 2.05) is 12.1 Å². The summed E-state index contributed by atoms with van der Waals surface area (Å²) in [7, 11) is 3.90. The van der Waals surface area contributed by atoms with Crippen LogP contribution in [0.5, 0.6) is 11.5 Å². The van der Waals surface area contributed by atoms with E-state index in [1.54, 1.807) is 7.11 Å². The Labute approximate surface area is 131 Å². The number of fused-ring (bicyclic) bond motifs is 3. The van der Waals surface area contributed by atoms with Crippen molar-refractivity contribution in [3.8, 4) is 11.5 Å². The largest absolute Gasteiger partial charge is 0.497 e. The number of hydrogen-bond acceptors (Lipinski definition) is 3. The van der Waals surface area contributed by atoms with Gasteiger partial charge in [0.25, 0.3) is 0 Å². The first kappa shape index (κ1) is 13.6. The summed E-state index contributed by atoms with van der Waals surface area (Å²) >= 11 is 0. The lowest BCUT2D eigenvalue weighted by atomic mass is 9.74. The number of piperidine rings is 1. The van der Waals surface area contributed by atoms with E-state index in [0.29, 0.717) is 5.92 Å². The Morgan fingerprint density at radius 1 is 1.14 bits per heavy atom. The molecule has 2 aromatic rings. The van der Waals surface area contributed by atoms with Gasteiger partial charge in [-0.25, -0.2) is 0 Å². The van der Waals surface area contributed by atoms with Gasteiger partial charge in [0.15, 0.2) is 0 Å². The molecule has 0 spiro atoms. The van der Waals surface area contributed by atoms with E-state index in [0.717, 1.165) is 31.0 Å². The van der Waals surface area contributed by atoms with Crippen LogP contribution in [0.4, 0.5) is 0 Å². The molecule has 0 aromatic heterocycles. The molecule has 1 fully saturated rings. The summed E-state index contributed by atoms with van der Waals surface area (Å²) in [5.41, 5.74) is 2.36. The lowest BCUT2D eigenvalue weighted by Crippen LogP contribution is -2.47. The van der Waals surface area contributed by atoms with Gasteiger partial charge in [-0.2, -0.15) is 0 Å². The van der Waals surface area contributed by atoms with Crippen molar-refractivity contribution in [2.75, 3.05) is 27.2 Å². The van der Waals surface area contributed by atoms with E-state index < -0.39 is 0 Å². The smallest absolute Gasteiger partial charge is 0.143 e. The highest BCUT2D eigenvalue weighted by Gasteiger charge is 2.51. The summed E-state index contributed by atoms with van der Waals surface area (Å²) in [5.74, 6) is 2.31. The summed E-state index contributed by atoms with van der Waals surface area (Å²) < 4.78 is 11.8. The Morgan fingerprint density at radius 2 is 1.91 bits per heavy atom. The summed E-state index contributed by atoms with van der Waals surface area (Å²) in [4.78, 5) is 2.40. The quantitative estimate of drug-likeness (QED) is 0.847. The van der Waals surface area contributed by atoms with Gasteiger partial charge in [-0.1, -0.05) is 30.3 Å². The number of ether oxygens (including phenoxy) is 2. The highest BCUT2D eigenvalue weighted by Crippen LogP contribution is 2.54. The van der Waals surface area contributed by atoms with Crippen molar-refractivity contribution < 1.29 is 9.47 Å². The van der Waals surface area contributed by atoms with Crippen LogP contribution in [0.3, 0.4) is 0 Å². The molecule has 2 atom stereocenters. The summed E-state index contributed by atoms with van der Waals surface area (Å²) in [6, 6.07) is 16.9. The zero-order valence-electron chi connectivity index (χ0n) is 13.1. The maximum Gasteiger partial charge on any atom is 0.143 e. The molecule has 0 amide bonds. The number of likely N-dealkylation sites (tertiary alicyclic amines) is 1. The van der Waals surface area contributed by atoms with Crippen LogP contribution >= 0.6 is 0 Å². The molecule has 0 bridgehead atoms. The molecule has 114 valence electrons. The molecule has 0 radical (unpaired) electrons. The number of nitrogens with zero attached hydrogens (tertiary/aromatic N) is 1. The van der Waals surface area contributed by atoms with Gasteiger partial charge in [0.05, 0.1) is 7.11 Å².